The monoisotopic (exact) mass is 576 g/mol. The van der Waals surface area contributed by atoms with Crippen molar-refractivity contribution in [3.8, 4) is 5.75 Å². The van der Waals surface area contributed by atoms with Gasteiger partial charge in [-0.1, -0.05) is 31.9 Å². The second-order valence-corrected chi connectivity index (χ2v) is 10.6. The lowest BCUT2D eigenvalue weighted by Gasteiger charge is -2.36. The summed E-state index contributed by atoms with van der Waals surface area (Å²) in [6.07, 6.45) is 8.15. The van der Waals surface area contributed by atoms with Gasteiger partial charge in [-0.3, -0.25) is 14.1 Å². The van der Waals surface area contributed by atoms with Crippen LogP contribution in [-0.2, 0) is 10.8 Å². The van der Waals surface area contributed by atoms with Gasteiger partial charge in [-0.15, -0.1) is 24.0 Å². The molecule has 0 spiro atoms. The van der Waals surface area contributed by atoms with Gasteiger partial charge in [-0.05, 0) is 62.9 Å². The molecule has 0 aromatic heterocycles. The molecule has 2 fully saturated rings. The zero-order valence-corrected chi connectivity index (χ0v) is 23.0. The van der Waals surface area contributed by atoms with Gasteiger partial charge in [0.05, 0.1) is 13.2 Å². The van der Waals surface area contributed by atoms with E-state index in [1.54, 1.807) is 7.11 Å². The zero-order valence-electron chi connectivity index (χ0n) is 19.8. The predicted octanol–water partition coefficient (Wildman–Crippen LogP) is 4.09. The SMILES string of the molecule is CCS(=O)C1CCCC(NC(=NC)NCC(c2ccc(OC)cc2)N2CCCCC2)C1.I. The molecular formula is C24H41IN4O2S. The molecule has 1 aromatic carbocycles. The highest BCUT2D eigenvalue weighted by atomic mass is 127. The summed E-state index contributed by atoms with van der Waals surface area (Å²) in [5.41, 5.74) is 1.31. The number of hydrogen-bond donors (Lipinski definition) is 2. The van der Waals surface area contributed by atoms with Crippen LogP contribution >= 0.6 is 24.0 Å². The van der Waals surface area contributed by atoms with Gasteiger partial charge >= 0.3 is 0 Å². The van der Waals surface area contributed by atoms with Crippen LogP contribution in [0.3, 0.4) is 0 Å². The van der Waals surface area contributed by atoms with Crippen LogP contribution in [0.4, 0.5) is 0 Å². The van der Waals surface area contributed by atoms with E-state index in [2.05, 4.69) is 44.8 Å². The van der Waals surface area contributed by atoms with Gasteiger partial charge < -0.3 is 15.4 Å². The second-order valence-electron chi connectivity index (χ2n) is 8.64. The fraction of sp³-hybridized carbons (Fsp3) is 0.708. The maximum atomic E-state index is 12.3. The Labute approximate surface area is 213 Å². The normalized spacial score (nSPS) is 24.2. The highest BCUT2D eigenvalue weighted by Crippen LogP contribution is 2.26. The molecule has 1 aliphatic heterocycles. The standard InChI is InChI=1S/C24H40N4O2S.HI/c1-4-31(29)22-10-8-9-20(17-22)27-24(25-2)26-18-23(28-15-6-5-7-16-28)19-11-13-21(30-3)14-12-19;/h11-14,20,22-23H,4-10,15-18H2,1-3H3,(H2,25,26,27);1H. The molecule has 1 heterocycles. The predicted molar refractivity (Wildman–Crippen MR) is 146 cm³/mol. The molecular weight excluding hydrogens is 535 g/mol. The molecule has 8 heteroatoms. The minimum atomic E-state index is -0.710. The molecule has 1 aliphatic carbocycles. The van der Waals surface area contributed by atoms with Crippen molar-refractivity contribution in [1.82, 2.24) is 15.5 Å². The van der Waals surface area contributed by atoms with E-state index in [0.717, 1.165) is 62.8 Å². The molecule has 0 bridgehead atoms. The van der Waals surface area contributed by atoms with Crippen LogP contribution in [0.1, 0.15) is 63.5 Å². The number of benzene rings is 1. The number of nitrogens with one attached hydrogen (secondary N) is 2. The van der Waals surface area contributed by atoms with E-state index in [4.69, 9.17) is 4.74 Å². The maximum absolute atomic E-state index is 12.3. The molecule has 2 N–H and O–H groups in total. The molecule has 1 aromatic rings. The van der Waals surface area contributed by atoms with Gasteiger partial charge in [0.15, 0.2) is 5.96 Å². The summed E-state index contributed by atoms with van der Waals surface area (Å²) in [7, 11) is 2.83. The van der Waals surface area contributed by atoms with Crippen molar-refractivity contribution in [3.05, 3.63) is 29.8 Å². The average molecular weight is 577 g/mol. The number of hydrogen-bond acceptors (Lipinski definition) is 4. The smallest absolute Gasteiger partial charge is 0.191 e. The second kappa shape index (κ2) is 14.4. The van der Waals surface area contributed by atoms with Crippen molar-refractivity contribution in [2.75, 3.05) is 39.5 Å². The lowest BCUT2D eigenvalue weighted by atomic mass is 9.95. The first-order valence-corrected chi connectivity index (χ1v) is 13.2. The van der Waals surface area contributed by atoms with Gasteiger partial charge in [-0.2, -0.15) is 0 Å². The summed E-state index contributed by atoms with van der Waals surface area (Å²) < 4.78 is 17.6. The van der Waals surface area contributed by atoms with Crippen LogP contribution in [0.25, 0.3) is 0 Å². The Bertz CT molecular complexity index is 725. The first-order valence-electron chi connectivity index (χ1n) is 11.9. The van der Waals surface area contributed by atoms with E-state index in [0.29, 0.717) is 17.3 Å². The lowest BCUT2D eigenvalue weighted by molar-refractivity contribution is 0.164. The summed E-state index contributed by atoms with van der Waals surface area (Å²) in [4.78, 5) is 7.08. The zero-order chi connectivity index (χ0) is 22.1. The van der Waals surface area contributed by atoms with Crippen LogP contribution in [-0.4, -0.2) is 65.9 Å². The van der Waals surface area contributed by atoms with E-state index < -0.39 is 10.8 Å². The molecule has 182 valence electrons. The molecule has 1 saturated heterocycles. The Kier molecular flexibility index (Phi) is 12.3. The molecule has 0 amide bonds. The van der Waals surface area contributed by atoms with Gasteiger partial charge in [0.25, 0.3) is 0 Å². The molecule has 1 saturated carbocycles. The average Bonchev–Trinajstić information content (AvgIpc) is 2.84. The van der Waals surface area contributed by atoms with Crippen molar-refractivity contribution in [2.24, 2.45) is 4.99 Å². The van der Waals surface area contributed by atoms with Crippen molar-refractivity contribution in [1.29, 1.82) is 0 Å². The lowest BCUT2D eigenvalue weighted by Crippen LogP contribution is -2.49. The minimum absolute atomic E-state index is 0. The summed E-state index contributed by atoms with van der Waals surface area (Å²) in [5, 5.41) is 7.51. The molecule has 6 nitrogen and oxygen atoms in total. The number of rotatable bonds is 8. The Morgan fingerprint density at radius 1 is 1.19 bits per heavy atom. The summed E-state index contributed by atoms with van der Waals surface area (Å²) in [5.74, 6) is 2.50. The van der Waals surface area contributed by atoms with Gasteiger partial charge in [0.1, 0.15) is 5.75 Å². The van der Waals surface area contributed by atoms with E-state index in [1.165, 1.54) is 24.8 Å². The van der Waals surface area contributed by atoms with Crippen LogP contribution < -0.4 is 15.4 Å². The number of halogens is 1. The van der Waals surface area contributed by atoms with Gasteiger partial charge in [-0.25, -0.2) is 0 Å². The Hall–Kier alpha value is -0.870. The molecule has 3 rings (SSSR count). The third kappa shape index (κ3) is 7.87. The minimum Gasteiger partial charge on any atom is -0.497 e. The number of guanidine groups is 1. The van der Waals surface area contributed by atoms with Crippen LogP contribution in [0.5, 0.6) is 5.75 Å². The molecule has 4 atom stereocenters. The summed E-state index contributed by atoms with van der Waals surface area (Å²) >= 11 is 0. The quantitative estimate of drug-likeness (QED) is 0.278. The first-order chi connectivity index (χ1) is 15.1. The number of nitrogens with zero attached hydrogens (tertiary/aromatic N) is 2. The van der Waals surface area contributed by atoms with Crippen molar-refractivity contribution in [2.45, 2.75) is 69.2 Å². The van der Waals surface area contributed by atoms with Crippen molar-refractivity contribution >= 4 is 40.7 Å². The van der Waals surface area contributed by atoms with Gasteiger partial charge in [0.2, 0.25) is 0 Å². The largest absolute Gasteiger partial charge is 0.497 e. The highest BCUT2D eigenvalue weighted by molar-refractivity contribution is 14.0. The van der Waals surface area contributed by atoms with Crippen LogP contribution in [0.15, 0.2) is 29.3 Å². The van der Waals surface area contributed by atoms with Crippen molar-refractivity contribution < 1.29 is 8.95 Å². The Morgan fingerprint density at radius 3 is 2.53 bits per heavy atom. The summed E-state index contributed by atoms with van der Waals surface area (Å²) in [6.45, 7) is 5.10. The van der Waals surface area contributed by atoms with Crippen LogP contribution in [0, 0.1) is 0 Å². The van der Waals surface area contributed by atoms with Crippen LogP contribution in [0.2, 0.25) is 0 Å². The topological polar surface area (TPSA) is 66.0 Å². The highest BCUT2D eigenvalue weighted by Gasteiger charge is 2.27. The summed E-state index contributed by atoms with van der Waals surface area (Å²) in [6, 6.07) is 9.11. The molecule has 0 radical (unpaired) electrons. The number of ether oxygens (including phenoxy) is 1. The number of likely N-dealkylation sites (tertiary alicyclic amines) is 1. The number of piperidine rings is 1. The molecule has 2 aliphatic rings. The van der Waals surface area contributed by atoms with E-state index in [9.17, 15) is 4.21 Å². The fourth-order valence-corrected chi connectivity index (χ4v) is 6.19. The third-order valence-electron chi connectivity index (χ3n) is 6.64. The number of methoxy groups -OCH3 is 1. The molecule has 4 unspecified atom stereocenters. The first kappa shape index (κ1) is 27.4. The van der Waals surface area contributed by atoms with Crippen molar-refractivity contribution in [3.63, 3.8) is 0 Å². The van der Waals surface area contributed by atoms with E-state index >= 15 is 0 Å². The van der Waals surface area contributed by atoms with E-state index in [1.807, 2.05) is 14.0 Å². The molecule has 32 heavy (non-hydrogen) atoms. The Balaban J connectivity index is 0.00000363. The maximum Gasteiger partial charge on any atom is 0.191 e. The Morgan fingerprint density at radius 2 is 1.91 bits per heavy atom. The number of aliphatic imine (C=N–C) groups is 1. The van der Waals surface area contributed by atoms with Gasteiger partial charge in [0, 0.05) is 41.4 Å². The third-order valence-corrected chi connectivity index (χ3v) is 8.38. The van der Waals surface area contributed by atoms with E-state index in [-0.39, 0.29) is 24.0 Å². The fourth-order valence-electron chi connectivity index (χ4n) is 4.85.